The van der Waals surface area contributed by atoms with Crippen molar-refractivity contribution in [2.24, 2.45) is 0 Å². The van der Waals surface area contributed by atoms with Crippen LogP contribution in [-0.4, -0.2) is 32.5 Å². The third-order valence-electron chi connectivity index (χ3n) is 5.09. The molecule has 33 heavy (non-hydrogen) atoms. The first-order valence-corrected chi connectivity index (χ1v) is 10.2. The third kappa shape index (κ3) is 4.11. The minimum Gasteiger partial charge on any atom is -0.493 e. The predicted octanol–water partition coefficient (Wildman–Crippen LogP) is 4.72. The zero-order chi connectivity index (χ0) is 22.8. The number of benzene rings is 2. The second-order valence-electron chi connectivity index (χ2n) is 7.25. The van der Waals surface area contributed by atoms with E-state index < -0.39 is 0 Å². The Bertz CT molecular complexity index is 1440. The molecule has 0 saturated carbocycles. The molecule has 0 aliphatic rings. The Labute approximate surface area is 189 Å². The summed E-state index contributed by atoms with van der Waals surface area (Å²) in [5.41, 5.74) is 1.99. The highest BCUT2D eigenvalue weighted by atomic mass is 16.5. The highest BCUT2D eigenvalue weighted by molar-refractivity contribution is 6.05. The van der Waals surface area contributed by atoms with Gasteiger partial charge < -0.3 is 19.8 Å². The summed E-state index contributed by atoms with van der Waals surface area (Å²) in [5.74, 6) is 2.64. The lowest BCUT2D eigenvalue weighted by Gasteiger charge is -2.09. The number of furan rings is 1. The van der Waals surface area contributed by atoms with Gasteiger partial charge in [-0.25, -0.2) is 15.0 Å². The van der Waals surface area contributed by atoms with E-state index in [1.54, 1.807) is 37.6 Å². The highest BCUT2D eigenvalue weighted by Gasteiger charge is 2.15. The Morgan fingerprint density at radius 1 is 1.03 bits per heavy atom. The van der Waals surface area contributed by atoms with Crippen molar-refractivity contribution in [1.29, 1.82) is 0 Å². The van der Waals surface area contributed by atoms with Crippen LogP contribution < -0.4 is 15.4 Å². The number of carbonyl (C=O) groups is 1. The molecule has 0 unspecified atom stereocenters. The van der Waals surface area contributed by atoms with Crippen LogP contribution in [0.1, 0.15) is 16.4 Å². The number of carbonyl (C=O) groups excluding carboxylic acids is 1. The summed E-state index contributed by atoms with van der Waals surface area (Å²) in [6.45, 7) is 1.91. The predicted molar refractivity (Wildman–Crippen MR) is 124 cm³/mol. The molecule has 3 heterocycles. The largest absolute Gasteiger partial charge is 0.493 e. The van der Waals surface area contributed by atoms with Crippen molar-refractivity contribution in [2.75, 3.05) is 17.7 Å². The fourth-order valence-electron chi connectivity index (χ4n) is 3.45. The molecular formula is C24H20N6O3. The number of rotatable bonds is 6. The Balaban J connectivity index is 1.28. The maximum absolute atomic E-state index is 12.7. The molecule has 5 aromatic rings. The number of aromatic nitrogens is 4. The Kier molecular flexibility index (Phi) is 5.19. The van der Waals surface area contributed by atoms with Gasteiger partial charge in [-0.3, -0.25) is 9.36 Å². The van der Waals surface area contributed by atoms with Gasteiger partial charge in [-0.15, -0.1) is 0 Å². The molecule has 0 bridgehead atoms. The van der Waals surface area contributed by atoms with Crippen LogP contribution in [0.3, 0.4) is 0 Å². The smallest absolute Gasteiger partial charge is 0.291 e. The number of hydrogen-bond acceptors (Lipinski definition) is 7. The van der Waals surface area contributed by atoms with E-state index in [0.29, 0.717) is 28.7 Å². The number of para-hydroxylation sites is 1. The van der Waals surface area contributed by atoms with Gasteiger partial charge >= 0.3 is 0 Å². The molecule has 0 aliphatic heterocycles. The molecule has 0 radical (unpaired) electrons. The molecule has 0 aliphatic carbocycles. The molecule has 3 aromatic heterocycles. The molecule has 9 heteroatoms. The van der Waals surface area contributed by atoms with Gasteiger partial charge in [0.15, 0.2) is 17.1 Å². The monoisotopic (exact) mass is 440 g/mol. The Hall–Kier alpha value is -4.66. The van der Waals surface area contributed by atoms with E-state index in [0.717, 1.165) is 16.9 Å². The summed E-state index contributed by atoms with van der Waals surface area (Å²) in [7, 11) is 1.56. The number of hydrogen-bond donors (Lipinski definition) is 2. The van der Waals surface area contributed by atoms with Gasteiger partial charge in [0.05, 0.1) is 7.11 Å². The van der Waals surface area contributed by atoms with E-state index in [4.69, 9.17) is 9.15 Å². The molecule has 2 N–H and O–H groups in total. The van der Waals surface area contributed by atoms with Crippen LogP contribution in [0.2, 0.25) is 0 Å². The van der Waals surface area contributed by atoms with Crippen molar-refractivity contribution in [3.8, 4) is 11.6 Å². The van der Waals surface area contributed by atoms with E-state index in [2.05, 4.69) is 25.6 Å². The fourth-order valence-corrected chi connectivity index (χ4v) is 3.45. The summed E-state index contributed by atoms with van der Waals surface area (Å²) in [4.78, 5) is 25.4. The van der Waals surface area contributed by atoms with Crippen LogP contribution in [0.15, 0.2) is 77.7 Å². The van der Waals surface area contributed by atoms with Crippen LogP contribution in [0.25, 0.3) is 16.8 Å². The van der Waals surface area contributed by atoms with E-state index in [9.17, 15) is 4.79 Å². The molecule has 0 atom stereocenters. The van der Waals surface area contributed by atoms with Crippen LogP contribution in [-0.2, 0) is 0 Å². The maximum Gasteiger partial charge on any atom is 0.291 e. The molecular weight excluding hydrogens is 420 g/mol. The summed E-state index contributed by atoms with van der Waals surface area (Å²) < 4.78 is 12.9. The first-order valence-electron chi connectivity index (χ1n) is 10.2. The minimum atomic E-state index is -0.342. The second kappa shape index (κ2) is 8.46. The number of nitrogens with one attached hydrogen (secondary N) is 2. The second-order valence-corrected chi connectivity index (χ2v) is 7.25. The van der Waals surface area contributed by atoms with Crippen LogP contribution in [0.4, 0.5) is 17.2 Å². The summed E-state index contributed by atoms with van der Waals surface area (Å²) in [5, 5.41) is 6.88. The zero-order valence-corrected chi connectivity index (χ0v) is 17.9. The molecule has 0 spiro atoms. The van der Waals surface area contributed by atoms with E-state index in [1.807, 2.05) is 48.0 Å². The lowest BCUT2D eigenvalue weighted by atomic mass is 10.2. The lowest BCUT2D eigenvalue weighted by Crippen LogP contribution is -2.10. The summed E-state index contributed by atoms with van der Waals surface area (Å²) in [6.07, 6.45) is 5.06. The Morgan fingerprint density at radius 2 is 1.85 bits per heavy atom. The minimum absolute atomic E-state index is 0.208. The van der Waals surface area contributed by atoms with Gasteiger partial charge in [0.25, 0.3) is 5.91 Å². The number of fused-ring (bicyclic) bond motifs is 1. The van der Waals surface area contributed by atoms with Crippen molar-refractivity contribution in [2.45, 2.75) is 6.92 Å². The quantitative estimate of drug-likeness (QED) is 0.393. The molecule has 0 fully saturated rings. The van der Waals surface area contributed by atoms with E-state index in [-0.39, 0.29) is 11.7 Å². The molecule has 9 nitrogen and oxygen atoms in total. The van der Waals surface area contributed by atoms with Crippen molar-refractivity contribution >= 4 is 34.1 Å². The highest BCUT2D eigenvalue weighted by Crippen LogP contribution is 2.29. The molecule has 5 rings (SSSR count). The summed E-state index contributed by atoms with van der Waals surface area (Å²) in [6, 6.07) is 16.3. The van der Waals surface area contributed by atoms with Crippen LogP contribution in [0.5, 0.6) is 5.75 Å². The van der Waals surface area contributed by atoms with Gasteiger partial charge in [0.1, 0.15) is 23.8 Å². The average molecular weight is 440 g/mol. The van der Waals surface area contributed by atoms with Crippen molar-refractivity contribution in [3.05, 3.63) is 84.9 Å². The topological polar surface area (TPSA) is 107 Å². The SMILES string of the molecule is COc1cccc2cc(C(=O)Nc3ccc(Nc4cc(-n5ccnc5C)ncn4)cc3)oc12. The molecule has 164 valence electrons. The number of nitrogens with zero attached hydrogens (tertiary/aromatic N) is 4. The molecule has 2 aromatic carbocycles. The van der Waals surface area contributed by atoms with Crippen molar-refractivity contribution in [1.82, 2.24) is 19.5 Å². The lowest BCUT2D eigenvalue weighted by molar-refractivity contribution is 0.0998. The van der Waals surface area contributed by atoms with Gasteiger partial charge in [0, 0.05) is 35.2 Å². The van der Waals surface area contributed by atoms with Gasteiger partial charge in [0.2, 0.25) is 0 Å². The number of ether oxygens (including phenoxy) is 1. The maximum atomic E-state index is 12.7. The number of imidazole rings is 1. The third-order valence-corrected chi connectivity index (χ3v) is 5.09. The van der Waals surface area contributed by atoms with Gasteiger partial charge in [-0.1, -0.05) is 12.1 Å². The molecule has 0 saturated heterocycles. The van der Waals surface area contributed by atoms with Crippen molar-refractivity contribution < 1.29 is 13.9 Å². The van der Waals surface area contributed by atoms with E-state index >= 15 is 0 Å². The first-order chi connectivity index (χ1) is 16.1. The summed E-state index contributed by atoms with van der Waals surface area (Å²) >= 11 is 0. The molecule has 1 amide bonds. The van der Waals surface area contributed by atoms with Crippen molar-refractivity contribution in [3.63, 3.8) is 0 Å². The fraction of sp³-hybridized carbons (Fsp3) is 0.0833. The van der Waals surface area contributed by atoms with Gasteiger partial charge in [-0.05, 0) is 43.3 Å². The average Bonchev–Trinajstić information content (AvgIpc) is 3.46. The first kappa shape index (κ1) is 20.3. The van der Waals surface area contributed by atoms with Gasteiger partial charge in [-0.2, -0.15) is 0 Å². The normalized spacial score (nSPS) is 10.8. The number of aryl methyl sites for hydroxylation is 1. The van der Waals surface area contributed by atoms with Crippen LogP contribution in [0, 0.1) is 6.92 Å². The number of anilines is 3. The zero-order valence-electron chi connectivity index (χ0n) is 17.9. The standard InChI is InChI=1S/C24H20N6O3/c1-15-25-10-11-30(15)22-13-21(26-14-27-22)28-17-6-8-18(9-7-17)29-24(31)20-12-16-4-3-5-19(32-2)23(16)33-20/h3-14H,1-2H3,(H,29,31)(H,26,27,28). The van der Waals surface area contributed by atoms with E-state index in [1.165, 1.54) is 6.33 Å². The number of amides is 1. The Morgan fingerprint density at radius 3 is 2.61 bits per heavy atom. The number of methoxy groups -OCH3 is 1. The van der Waals surface area contributed by atoms with Crippen LogP contribution >= 0.6 is 0 Å².